The average molecular weight is 284 g/mol. The fraction of sp³-hybridized carbons (Fsp3) is 0.933. The molecule has 0 amide bonds. The zero-order valence-electron chi connectivity index (χ0n) is 12.5. The number of carboxylic acid groups (broad SMARTS) is 1. The van der Waals surface area contributed by atoms with Gasteiger partial charge in [0.1, 0.15) is 5.54 Å². The van der Waals surface area contributed by atoms with Gasteiger partial charge in [-0.15, -0.1) is 0 Å². The molecule has 3 N–H and O–H groups in total. The molecular weight excluding hydrogens is 256 g/mol. The maximum atomic E-state index is 11.3. The second-order valence-electron chi connectivity index (χ2n) is 6.47. The molecule has 1 aliphatic carbocycles. The molecule has 3 atom stereocenters. The quantitative estimate of drug-likeness (QED) is 0.772. The molecular formula is C15H28N2O3. The Bertz CT molecular complexity index is 331. The number of nitrogens with two attached hydrogens (primary N) is 1. The first-order chi connectivity index (χ1) is 9.52. The summed E-state index contributed by atoms with van der Waals surface area (Å²) in [5.41, 5.74) is 5.08. The van der Waals surface area contributed by atoms with E-state index in [-0.39, 0.29) is 5.92 Å². The van der Waals surface area contributed by atoms with Crippen molar-refractivity contribution in [2.75, 3.05) is 26.7 Å². The summed E-state index contributed by atoms with van der Waals surface area (Å²) >= 11 is 0. The van der Waals surface area contributed by atoms with Crippen molar-refractivity contribution in [3.8, 4) is 0 Å². The third kappa shape index (κ3) is 3.71. The number of likely N-dealkylation sites (N-methyl/N-ethyl adjacent to an activating group) is 1. The first-order valence-corrected chi connectivity index (χ1v) is 7.85. The molecule has 1 saturated heterocycles. The van der Waals surface area contributed by atoms with E-state index in [1.165, 1.54) is 12.8 Å². The van der Waals surface area contributed by atoms with Crippen molar-refractivity contribution in [3.05, 3.63) is 0 Å². The van der Waals surface area contributed by atoms with Gasteiger partial charge in [-0.1, -0.05) is 6.42 Å². The Hall–Kier alpha value is -0.650. The van der Waals surface area contributed by atoms with Crippen LogP contribution >= 0.6 is 0 Å². The van der Waals surface area contributed by atoms with Crippen LogP contribution in [0.5, 0.6) is 0 Å². The number of carbonyl (C=O) groups is 1. The SMILES string of the molecule is CN(CCC1CCCC1(N)C(=O)O)CC1CCCCO1. The standard InChI is InChI=1S/C15H28N2O3/c1-17(11-13-6-2-3-10-20-13)9-7-12-5-4-8-15(12,16)14(18)19/h12-13H,2-11,16H2,1H3,(H,18,19). The Balaban J connectivity index is 1.75. The Morgan fingerprint density at radius 1 is 1.40 bits per heavy atom. The Morgan fingerprint density at radius 3 is 2.85 bits per heavy atom. The van der Waals surface area contributed by atoms with E-state index in [1.807, 2.05) is 0 Å². The molecule has 5 heteroatoms. The predicted octanol–water partition coefficient (Wildman–Crippen LogP) is 1.46. The smallest absolute Gasteiger partial charge is 0.323 e. The molecule has 1 aliphatic heterocycles. The zero-order chi connectivity index (χ0) is 14.6. The number of hydrogen-bond donors (Lipinski definition) is 2. The van der Waals surface area contributed by atoms with Crippen molar-refractivity contribution in [3.63, 3.8) is 0 Å². The van der Waals surface area contributed by atoms with Gasteiger partial charge in [0, 0.05) is 13.2 Å². The van der Waals surface area contributed by atoms with Gasteiger partial charge in [0.2, 0.25) is 0 Å². The Labute approximate surface area is 121 Å². The summed E-state index contributed by atoms with van der Waals surface area (Å²) in [6.45, 7) is 2.72. The van der Waals surface area contributed by atoms with Crippen molar-refractivity contribution in [1.29, 1.82) is 0 Å². The minimum absolute atomic E-state index is 0.106. The summed E-state index contributed by atoms with van der Waals surface area (Å²) in [5.74, 6) is -0.729. The number of hydrogen-bond acceptors (Lipinski definition) is 4. The van der Waals surface area contributed by atoms with Gasteiger partial charge in [0.25, 0.3) is 0 Å². The topological polar surface area (TPSA) is 75.8 Å². The molecule has 2 aliphatic rings. The highest BCUT2D eigenvalue weighted by Crippen LogP contribution is 2.36. The van der Waals surface area contributed by atoms with Gasteiger partial charge in [-0.2, -0.15) is 0 Å². The van der Waals surface area contributed by atoms with Crippen LogP contribution in [-0.2, 0) is 9.53 Å². The summed E-state index contributed by atoms with van der Waals surface area (Å²) in [4.78, 5) is 13.6. The molecule has 2 rings (SSSR count). The van der Waals surface area contributed by atoms with Crippen molar-refractivity contribution >= 4 is 5.97 Å². The fourth-order valence-corrected chi connectivity index (χ4v) is 3.55. The van der Waals surface area contributed by atoms with Crippen molar-refractivity contribution in [1.82, 2.24) is 4.90 Å². The Kier molecular flexibility index (Phi) is 5.41. The molecule has 0 radical (unpaired) electrons. The molecule has 1 saturated carbocycles. The van der Waals surface area contributed by atoms with Crippen LogP contribution < -0.4 is 5.73 Å². The molecule has 0 aromatic carbocycles. The second-order valence-corrected chi connectivity index (χ2v) is 6.47. The van der Waals surface area contributed by atoms with Crippen LogP contribution in [0.3, 0.4) is 0 Å². The number of carboxylic acids is 1. The molecule has 1 heterocycles. The minimum Gasteiger partial charge on any atom is -0.480 e. The molecule has 0 aromatic rings. The molecule has 2 fully saturated rings. The molecule has 20 heavy (non-hydrogen) atoms. The van der Waals surface area contributed by atoms with E-state index in [0.29, 0.717) is 12.5 Å². The second kappa shape index (κ2) is 6.87. The lowest BCUT2D eigenvalue weighted by Gasteiger charge is -2.30. The normalized spacial score (nSPS) is 34.5. The maximum absolute atomic E-state index is 11.3. The number of rotatable bonds is 6. The molecule has 3 unspecified atom stereocenters. The Morgan fingerprint density at radius 2 is 2.20 bits per heavy atom. The first-order valence-electron chi connectivity index (χ1n) is 7.85. The lowest BCUT2D eigenvalue weighted by atomic mass is 9.85. The van der Waals surface area contributed by atoms with E-state index in [0.717, 1.165) is 45.4 Å². The van der Waals surface area contributed by atoms with Crippen LogP contribution in [0.25, 0.3) is 0 Å². The maximum Gasteiger partial charge on any atom is 0.323 e. The van der Waals surface area contributed by atoms with Crippen molar-refractivity contribution < 1.29 is 14.6 Å². The third-order valence-corrected chi connectivity index (χ3v) is 4.92. The van der Waals surface area contributed by atoms with Crippen molar-refractivity contribution in [2.24, 2.45) is 11.7 Å². The molecule has 0 aromatic heterocycles. The summed E-state index contributed by atoms with van der Waals surface area (Å²) < 4.78 is 5.74. The van der Waals surface area contributed by atoms with Crippen LogP contribution in [0.15, 0.2) is 0 Å². The van der Waals surface area contributed by atoms with Gasteiger partial charge >= 0.3 is 5.97 Å². The lowest BCUT2D eigenvalue weighted by Crippen LogP contribution is -2.51. The highest BCUT2D eigenvalue weighted by Gasteiger charge is 2.45. The zero-order valence-corrected chi connectivity index (χ0v) is 12.5. The van der Waals surface area contributed by atoms with Crippen LogP contribution in [-0.4, -0.2) is 54.4 Å². The molecule has 5 nitrogen and oxygen atoms in total. The lowest BCUT2D eigenvalue weighted by molar-refractivity contribution is -0.144. The highest BCUT2D eigenvalue weighted by atomic mass is 16.5. The van der Waals surface area contributed by atoms with Gasteiger partial charge in [0.15, 0.2) is 0 Å². The van der Waals surface area contributed by atoms with Gasteiger partial charge in [-0.05, 0) is 58.0 Å². The average Bonchev–Trinajstić information content (AvgIpc) is 2.80. The summed E-state index contributed by atoms with van der Waals surface area (Å²) in [7, 11) is 2.09. The van der Waals surface area contributed by atoms with E-state index < -0.39 is 11.5 Å². The van der Waals surface area contributed by atoms with E-state index in [9.17, 15) is 9.90 Å². The van der Waals surface area contributed by atoms with Crippen LogP contribution in [0.2, 0.25) is 0 Å². The van der Waals surface area contributed by atoms with Gasteiger partial charge in [-0.25, -0.2) is 0 Å². The van der Waals surface area contributed by atoms with Crippen molar-refractivity contribution in [2.45, 2.75) is 56.6 Å². The number of ether oxygens (including phenoxy) is 1. The summed E-state index contributed by atoms with van der Waals surface area (Å²) in [5, 5.41) is 9.31. The summed E-state index contributed by atoms with van der Waals surface area (Å²) in [6.07, 6.45) is 7.28. The highest BCUT2D eigenvalue weighted by molar-refractivity contribution is 5.79. The largest absolute Gasteiger partial charge is 0.480 e. The van der Waals surface area contributed by atoms with Crippen LogP contribution in [0.4, 0.5) is 0 Å². The fourth-order valence-electron chi connectivity index (χ4n) is 3.55. The van der Waals surface area contributed by atoms with E-state index in [2.05, 4.69) is 11.9 Å². The van der Waals surface area contributed by atoms with E-state index >= 15 is 0 Å². The van der Waals surface area contributed by atoms with Crippen LogP contribution in [0.1, 0.15) is 44.9 Å². The van der Waals surface area contributed by atoms with Crippen LogP contribution in [0, 0.1) is 5.92 Å². The predicted molar refractivity (Wildman–Crippen MR) is 77.6 cm³/mol. The van der Waals surface area contributed by atoms with Gasteiger partial charge in [0.05, 0.1) is 6.10 Å². The molecule has 0 spiro atoms. The number of nitrogens with zero attached hydrogens (tertiary/aromatic N) is 1. The van der Waals surface area contributed by atoms with Gasteiger partial charge < -0.3 is 20.5 Å². The number of aliphatic carboxylic acids is 1. The first kappa shape index (κ1) is 15.7. The third-order valence-electron chi connectivity index (χ3n) is 4.92. The van der Waals surface area contributed by atoms with E-state index in [4.69, 9.17) is 10.5 Å². The van der Waals surface area contributed by atoms with Gasteiger partial charge in [-0.3, -0.25) is 4.79 Å². The summed E-state index contributed by atoms with van der Waals surface area (Å²) in [6, 6.07) is 0. The van der Waals surface area contributed by atoms with E-state index in [1.54, 1.807) is 0 Å². The molecule has 0 bridgehead atoms. The monoisotopic (exact) mass is 284 g/mol. The molecule has 116 valence electrons. The minimum atomic E-state index is -0.998.